The Hall–Kier alpha value is -1.31. The summed E-state index contributed by atoms with van der Waals surface area (Å²) in [7, 11) is 0. The Morgan fingerprint density at radius 2 is 1.39 bits per heavy atom. The molecule has 0 unspecified atom stereocenters. The molecule has 0 radical (unpaired) electrons. The van der Waals surface area contributed by atoms with Crippen LogP contribution in [-0.4, -0.2) is 11.1 Å². The maximum Gasteiger partial charge on any atom is 0.313 e. The number of carboxylic acids is 1. The van der Waals surface area contributed by atoms with E-state index in [1.807, 2.05) is 13.8 Å². The third-order valence-corrected chi connectivity index (χ3v) is 3.56. The van der Waals surface area contributed by atoms with Gasteiger partial charge >= 0.3 is 5.97 Å². The Kier molecular flexibility index (Phi) is 3.62. The fourth-order valence-corrected chi connectivity index (χ4v) is 2.49. The van der Waals surface area contributed by atoms with E-state index in [9.17, 15) is 9.90 Å². The first-order valence-corrected chi connectivity index (χ1v) is 6.33. The van der Waals surface area contributed by atoms with Crippen molar-refractivity contribution in [3.05, 3.63) is 34.4 Å². The van der Waals surface area contributed by atoms with Gasteiger partial charge in [0.15, 0.2) is 0 Å². The topological polar surface area (TPSA) is 37.3 Å². The van der Waals surface area contributed by atoms with Crippen molar-refractivity contribution in [2.45, 2.75) is 59.3 Å². The van der Waals surface area contributed by atoms with E-state index >= 15 is 0 Å². The van der Waals surface area contributed by atoms with E-state index in [0.717, 1.165) is 16.7 Å². The van der Waals surface area contributed by atoms with Gasteiger partial charge in [0.25, 0.3) is 0 Å². The quantitative estimate of drug-likeness (QED) is 0.860. The van der Waals surface area contributed by atoms with Gasteiger partial charge in [0.05, 0.1) is 5.41 Å². The second-order valence-electron chi connectivity index (χ2n) is 6.67. The van der Waals surface area contributed by atoms with E-state index in [1.54, 1.807) is 13.8 Å². The molecule has 2 heteroatoms. The molecule has 2 nitrogen and oxygen atoms in total. The molecule has 0 atom stereocenters. The molecular formula is C16H24O2. The average Bonchev–Trinajstić information content (AvgIpc) is 2.13. The van der Waals surface area contributed by atoms with E-state index in [-0.39, 0.29) is 5.41 Å². The van der Waals surface area contributed by atoms with Gasteiger partial charge in [0.2, 0.25) is 0 Å². The SMILES string of the molecule is Cc1cc(C(C)(C)C)cc(C)c1C(C)(C)C(=O)O. The molecule has 0 aliphatic heterocycles. The lowest BCUT2D eigenvalue weighted by molar-refractivity contribution is -0.142. The summed E-state index contributed by atoms with van der Waals surface area (Å²) in [6, 6.07) is 4.24. The Morgan fingerprint density at radius 1 is 1.00 bits per heavy atom. The summed E-state index contributed by atoms with van der Waals surface area (Å²) < 4.78 is 0. The van der Waals surface area contributed by atoms with Crippen LogP contribution in [0.3, 0.4) is 0 Å². The first-order chi connectivity index (χ1) is 7.98. The number of carboxylic acid groups (broad SMARTS) is 1. The highest BCUT2D eigenvalue weighted by atomic mass is 16.4. The molecule has 100 valence electrons. The molecule has 0 heterocycles. The molecule has 0 fully saturated rings. The summed E-state index contributed by atoms with van der Waals surface area (Å²) in [4.78, 5) is 11.4. The summed E-state index contributed by atoms with van der Waals surface area (Å²) >= 11 is 0. The number of aryl methyl sites for hydroxylation is 2. The summed E-state index contributed by atoms with van der Waals surface area (Å²) in [6.07, 6.45) is 0. The average molecular weight is 248 g/mol. The van der Waals surface area contributed by atoms with Crippen LogP contribution in [-0.2, 0) is 15.6 Å². The van der Waals surface area contributed by atoms with E-state index in [4.69, 9.17) is 0 Å². The molecule has 0 spiro atoms. The largest absolute Gasteiger partial charge is 0.481 e. The van der Waals surface area contributed by atoms with Crippen LogP contribution in [0.4, 0.5) is 0 Å². The van der Waals surface area contributed by atoms with Crippen molar-refractivity contribution in [2.75, 3.05) is 0 Å². The van der Waals surface area contributed by atoms with Gasteiger partial charge in [-0.25, -0.2) is 0 Å². The summed E-state index contributed by atoms with van der Waals surface area (Å²) in [6.45, 7) is 14.0. The van der Waals surface area contributed by atoms with Crippen molar-refractivity contribution in [3.63, 3.8) is 0 Å². The van der Waals surface area contributed by atoms with Crippen molar-refractivity contribution in [3.8, 4) is 0 Å². The molecule has 1 aromatic carbocycles. The summed E-state index contributed by atoms with van der Waals surface area (Å²) in [5.41, 5.74) is 3.55. The van der Waals surface area contributed by atoms with Gasteiger partial charge in [-0.2, -0.15) is 0 Å². The number of benzene rings is 1. The predicted octanol–water partition coefficient (Wildman–Crippen LogP) is 3.96. The highest BCUT2D eigenvalue weighted by Gasteiger charge is 2.33. The second kappa shape index (κ2) is 4.42. The van der Waals surface area contributed by atoms with Crippen molar-refractivity contribution >= 4 is 5.97 Å². The molecule has 18 heavy (non-hydrogen) atoms. The maximum absolute atomic E-state index is 11.4. The summed E-state index contributed by atoms with van der Waals surface area (Å²) in [5, 5.41) is 9.37. The van der Waals surface area contributed by atoms with Crippen molar-refractivity contribution in [1.82, 2.24) is 0 Å². The number of rotatable bonds is 2. The molecule has 1 rings (SSSR count). The number of hydrogen-bond donors (Lipinski definition) is 1. The van der Waals surface area contributed by atoms with Crippen LogP contribution >= 0.6 is 0 Å². The van der Waals surface area contributed by atoms with Crippen LogP contribution in [0.25, 0.3) is 0 Å². The Morgan fingerprint density at radius 3 is 1.67 bits per heavy atom. The van der Waals surface area contributed by atoms with E-state index < -0.39 is 11.4 Å². The highest BCUT2D eigenvalue weighted by molar-refractivity contribution is 5.81. The second-order valence-corrected chi connectivity index (χ2v) is 6.67. The van der Waals surface area contributed by atoms with Crippen molar-refractivity contribution in [2.24, 2.45) is 0 Å². The first kappa shape index (κ1) is 14.7. The van der Waals surface area contributed by atoms with Gasteiger partial charge in [0.1, 0.15) is 0 Å². The predicted molar refractivity (Wildman–Crippen MR) is 75.3 cm³/mol. The zero-order chi connectivity index (χ0) is 14.3. The van der Waals surface area contributed by atoms with Crippen LogP contribution in [0.5, 0.6) is 0 Å². The van der Waals surface area contributed by atoms with Gasteiger partial charge in [-0.3, -0.25) is 4.79 Å². The van der Waals surface area contributed by atoms with Crippen LogP contribution in [0.1, 0.15) is 56.9 Å². The minimum Gasteiger partial charge on any atom is -0.481 e. The van der Waals surface area contributed by atoms with E-state index in [2.05, 4.69) is 32.9 Å². The van der Waals surface area contributed by atoms with Gasteiger partial charge in [-0.1, -0.05) is 32.9 Å². The minimum absolute atomic E-state index is 0.0847. The lowest BCUT2D eigenvalue weighted by atomic mass is 9.76. The fourth-order valence-electron chi connectivity index (χ4n) is 2.49. The molecule has 1 aromatic rings. The Bertz CT molecular complexity index is 453. The van der Waals surface area contributed by atoms with Crippen LogP contribution < -0.4 is 0 Å². The standard InChI is InChI=1S/C16H24O2/c1-10-8-12(15(3,4)5)9-11(2)13(10)16(6,7)14(17)18/h8-9H,1-7H3,(H,17,18). The van der Waals surface area contributed by atoms with Crippen molar-refractivity contribution in [1.29, 1.82) is 0 Å². The normalized spacial score (nSPS) is 12.6. The molecule has 1 N–H and O–H groups in total. The fraction of sp³-hybridized carbons (Fsp3) is 0.562. The lowest BCUT2D eigenvalue weighted by Gasteiger charge is -2.28. The minimum atomic E-state index is -0.843. The van der Waals surface area contributed by atoms with Gasteiger partial charge in [-0.15, -0.1) is 0 Å². The van der Waals surface area contributed by atoms with Gasteiger partial charge in [0, 0.05) is 0 Å². The smallest absolute Gasteiger partial charge is 0.313 e. The van der Waals surface area contributed by atoms with Crippen LogP contribution in [0, 0.1) is 13.8 Å². The third-order valence-electron chi connectivity index (χ3n) is 3.56. The molecule has 0 saturated heterocycles. The molecule has 0 aromatic heterocycles. The highest BCUT2D eigenvalue weighted by Crippen LogP contribution is 2.33. The zero-order valence-electron chi connectivity index (χ0n) is 12.5. The van der Waals surface area contributed by atoms with Crippen molar-refractivity contribution < 1.29 is 9.90 Å². The van der Waals surface area contributed by atoms with Crippen LogP contribution in [0.2, 0.25) is 0 Å². The third kappa shape index (κ3) is 2.58. The number of carbonyl (C=O) groups is 1. The lowest BCUT2D eigenvalue weighted by Crippen LogP contribution is -2.30. The van der Waals surface area contributed by atoms with Gasteiger partial charge in [-0.05, 0) is 55.4 Å². The first-order valence-electron chi connectivity index (χ1n) is 6.33. The van der Waals surface area contributed by atoms with Gasteiger partial charge < -0.3 is 5.11 Å². The molecular weight excluding hydrogens is 224 g/mol. The molecule has 0 aliphatic carbocycles. The Balaban J connectivity index is 3.48. The monoisotopic (exact) mass is 248 g/mol. The summed E-state index contributed by atoms with van der Waals surface area (Å²) in [5.74, 6) is -0.780. The zero-order valence-corrected chi connectivity index (χ0v) is 12.5. The molecule has 0 bridgehead atoms. The van der Waals surface area contributed by atoms with E-state index in [1.165, 1.54) is 5.56 Å². The number of hydrogen-bond acceptors (Lipinski definition) is 1. The van der Waals surface area contributed by atoms with Crippen LogP contribution in [0.15, 0.2) is 12.1 Å². The molecule has 0 aliphatic rings. The Labute approximate surface area is 110 Å². The molecule has 0 saturated carbocycles. The maximum atomic E-state index is 11.4. The number of aliphatic carboxylic acids is 1. The molecule has 0 amide bonds. The van der Waals surface area contributed by atoms with E-state index in [0.29, 0.717) is 0 Å².